The molecule has 0 saturated carbocycles. The van der Waals surface area contributed by atoms with Crippen molar-refractivity contribution < 1.29 is 9.59 Å². The molecule has 1 saturated heterocycles. The molecular weight excluding hydrogens is 342 g/mol. The summed E-state index contributed by atoms with van der Waals surface area (Å²) < 4.78 is 0. The van der Waals surface area contributed by atoms with Crippen molar-refractivity contribution in [3.05, 3.63) is 52.8 Å². The molecule has 7 heteroatoms. The maximum atomic E-state index is 12.9. The molecule has 3 heterocycles. The fourth-order valence-corrected chi connectivity index (χ4v) is 3.83. The van der Waals surface area contributed by atoms with Crippen molar-refractivity contribution in [1.29, 1.82) is 0 Å². The van der Waals surface area contributed by atoms with Crippen molar-refractivity contribution >= 4 is 11.8 Å². The van der Waals surface area contributed by atoms with Crippen LogP contribution in [0.2, 0.25) is 0 Å². The third kappa shape index (κ3) is 3.88. The Hall–Kier alpha value is -2.67. The van der Waals surface area contributed by atoms with Crippen LogP contribution in [0.5, 0.6) is 0 Å². The number of aryl methyl sites for hydroxylation is 1. The van der Waals surface area contributed by atoms with Crippen LogP contribution in [0.3, 0.4) is 0 Å². The van der Waals surface area contributed by atoms with E-state index in [9.17, 15) is 9.59 Å². The van der Waals surface area contributed by atoms with Crippen LogP contribution in [0, 0.1) is 6.92 Å². The molecule has 0 spiro atoms. The molecule has 4 rings (SSSR count). The van der Waals surface area contributed by atoms with Gasteiger partial charge in [0.15, 0.2) is 0 Å². The molecule has 2 aromatic rings. The number of nitrogens with zero attached hydrogens (tertiary/aromatic N) is 3. The molecule has 0 aliphatic carbocycles. The summed E-state index contributed by atoms with van der Waals surface area (Å²) in [4.78, 5) is 29.3. The molecule has 27 heavy (non-hydrogen) atoms. The standard InChI is InChI=1S/C20H25N5O2/c1-14-2-4-15(5-3-14)12-24-9-7-21-20(27)18(24)10-19(26)25-8-6-17-16(13-25)11-22-23-17/h2-5,11,18H,6-10,12-13H2,1H3,(H,21,27)(H,22,23). The molecule has 2 N–H and O–H groups in total. The summed E-state index contributed by atoms with van der Waals surface area (Å²) in [5, 5.41) is 9.95. The van der Waals surface area contributed by atoms with Gasteiger partial charge in [-0.1, -0.05) is 29.8 Å². The van der Waals surface area contributed by atoms with Gasteiger partial charge in [-0.3, -0.25) is 19.6 Å². The van der Waals surface area contributed by atoms with Crippen molar-refractivity contribution in [1.82, 2.24) is 25.3 Å². The van der Waals surface area contributed by atoms with Crippen LogP contribution in [0.25, 0.3) is 0 Å². The number of carbonyl (C=O) groups is 2. The van der Waals surface area contributed by atoms with E-state index in [1.165, 1.54) is 5.56 Å². The molecule has 1 unspecified atom stereocenters. The van der Waals surface area contributed by atoms with E-state index in [4.69, 9.17) is 0 Å². The maximum Gasteiger partial charge on any atom is 0.237 e. The fourth-order valence-electron chi connectivity index (χ4n) is 3.83. The Bertz CT molecular complexity index is 829. The molecule has 1 aromatic heterocycles. The lowest BCUT2D eigenvalue weighted by Gasteiger charge is -2.36. The summed E-state index contributed by atoms with van der Waals surface area (Å²) in [6.45, 7) is 5.35. The molecule has 7 nitrogen and oxygen atoms in total. The van der Waals surface area contributed by atoms with Crippen molar-refractivity contribution in [2.75, 3.05) is 19.6 Å². The number of H-pyrrole nitrogens is 1. The van der Waals surface area contributed by atoms with Gasteiger partial charge in [0, 0.05) is 50.4 Å². The first-order valence-corrected chi connectivity index (χ1v) is 9.46. The van der Waals surface area contributed by atoms with E-state index in [0.29, 0.717) is 26.2 Å². The Morgan fingerprint density at radius 1 is 1.26 bits per heavy atom. The maximum absolute atomic E-state index is 12.9. The van der Waals surface area contributed by atoms with Crippen molar-refractivity contribution in [3.63, 3.8) is 0 Å². The molecule has 142 valence electrons. The fraction of sp³-hybridized carbons (Fsp3) is 0.450. The molecule has 1 atom stereocenters. The number of benzene rings is 1. The van der Waals surface area contributed by atoms with E-state index in [1.807, 2.05) is 4.90 Å². The number of amides is 2. The number of rotatable bonds is 4. The third-order valence-electron chi connectivity index (χ3n) is 5.47. The predicted molar refractivity (Wildman–Crippen MR) is 101 cm³/mol. The zero-order valence-corrected chi connectivity index (χ0v) is 15.6. The lowest BCUT2D eigenvalue weighted by molar-refractivity contribution is -0.139. The largest absolute Gasteiger partial charge is 0.353 e. The number of piperazine rings is 1. The highest BCUT2D eigenvalue weighted by Crippen LogP contribution is 2.20. The van der Waals surface area contributed by atoms with Gasteiger partial charge in [0.25, 0.3) is 0 Å². The number of fused-ring (bicyclic) bond motifs is 1. The average Bonchev–Trinajstić information content (AvgIpc) is 3.14. The Morgan fingerprint density at radius 3 is 2.89 bits per heavy atom. The van der Waals surface area contributed by atoms with Gasteiger partial charge in [-0.2, -0.15) is 5.10 Å². The van der Waals surface area contributed by atoms with Gasteiger partial charge in [-0.05, 0) is 12.5 Å². The van der Waals surface area contributed by atoms with E-state index in [0.717, 1.165) is 29.8 Å². The van der Waals surface area contributed by atoms with Crippen LogP contribution in [-0.4, -0.2) is 57.5 Å². The Kier molecular flexibility index (Phi) is 4.94. The van der Waals surface area contributed by atoms with Gasteiger partial charge >= 0.3 is 0 Å². The second-order valence-corrected chi connectivity index (χ2v) is 7.41. The molecule has 0 bridgehead atoms. The van der Waals surface area contributed by atoms with Crippen molar-refractivity contribution in [3.8, 4) is 0 Å². The molecule has 2 aliphatic rings. The van der Waals surface area contributed by atoms with Crippen LogP contribution in [-0.2, 0) is 29.1 Å². The van der Waals surface area contributed by atoms with E-state index in [2.05, 4.69) is 51.6 Å². The van der Waals surface area contributed by atoms with Crippen LogP contribution in [0.4, 0.5) is 0 Å². The number of hydrogen-bond donors (Lipinski definition) is 2. The monoisotopic (exact) mass is 367 g/mol. The van der Waals surface area contributed by atoms with Crippen molar-refractivity contribution in [2.24, 2.45) is 0 Å². The van der Waals surface area contributed by atoms with Crippen LogP contribution in [0.1, 0.15) is 28.8 Å². The third-order valence-corrected chi connectivity index (χ3v) is 5.47. The van der Waals surface area contributed by atoms with Gasteiger partial charge in [0.05, 0.1) is 18.7 Å². The molecular formula is C20H25N5O2. The molecule has 1 aromatic carbocycles. The van der Waals surface area contributed by atoms with E-state index < -0.39 is 6.04 Å². The van der Waals surface area contributed by atoms with Gasteiger partial charge in [-0.25, -0.2) is 0 Å². The predicted octanol–water partition coefficient (Wildman–Crippen LogP) is 0.994. The highest BCUT2D eigenvalue weighted by molar-refractivity contribution is 5.89. The molecule has 2 amide bonds. The molecule has 2 aliphatic heterocycles. The highest BCUT2D eigenvalue weighted by Gasteiger charge is 2.33. The summed E-state index contributed by atoms with van der Waals surface area (Å²) >= 11 is 0. The minimum atomic E-state index is -0.418. The highest BCUT2D eigenvalue weighted by atomic mass is 16.2. The SMILES string of the molecule is Cc1ccc(CN2CCNC(=O)C2CC(=O)N2CCc3[nH]ncc3C2)cc1. The summed E-state index contributed by atoms with van der Waals surface area (Å²) in [5.74, 6) is -0.0273. The summed E-state index contributed by atoms with van der Waals surface area (Å²) in [6.07, 6.45) is 2.78. The zero-order valence-electron chi connectivity index (χ0n) is 15.6. The summed E-state index contributed by atoms with van der Waals surface area (Å²) in [7, 11) is 0. The Morgan fingerprint density at radius 2 is 2.07 bits per heavy atom. The lowest BCUT2D eigenvalue weighted by atomic mass is 10.0. The van der Waals surface area contributed by atoms with Crippen LogP contribution in [0.15, 0.2) is 30.5 Å². The van der Waals surface area contributed by atoms with E-state index >= 15 is 0 Å². The second kappa shape index (κ2) is 7.52. The molecule has 1 fully saturated rings. The van der Waals surface area contributed by atoms with Gasteiger partial charge in [0.2, 0.25) is 11.8 Å². The minimum absolute atomic E-state index is 0.0257. The van der Waals surface area contributed by atoms with Crippen LogP contribution < -0.4 is 5.32 Å². The number of carbonyl (C=O) groups excluding carboxylic acids is 2. The van der Waals surface area contributed by atoms with E-state index in [-0.39, 0.29) is 18.2 Å². The first kappa shape index (κ1) is 17.7. The van der Waals surface area contributed by atoms with Crippen molar-refractivity contribution in [2.45, 2.75) is 38.9 Å². The minimum Gasteiger partial charge on any atom is -0.353 e. The number of hydrogen-bond acceptors (Lipinski definition) is 4. The van der Waals surface area contributed by atoms with Gasteiger partial charge < -0.3 is 10.2 Å². The topological polar surface area (TPSA) is 81.3 Å². The van der Waals surface area contributed by atoms with Gasteiger partial charge in [-0.15, -0.1) is 0 Å². The Labute approximate surface area is 158 Å². The zero-order chi connectivity index (χ0) is 18.8. The van der Waals surface area contributed by atoms with Gasteiger partial charge in [0.1, 0.15) is 0 Å². The summed E-state index contributed by atoms with van der Waals surface area (Å²) in [6, 6.07) is 7.92. The molecule has 0 radical (unpaired) electrons. The first-order chi connectivity index (χ1) is 13.1. The second-order valence-electron chi connectivity index (χ2n) is 7.41. The summed E-state index contributed by atoms with van der Waals surface area (Å²) in [5.41, 5.74) is 4.55. The number of aromatic amines is 1. The van der Waals surface area contributed by atoms with E-state index in [1.54, 1.807) is 6.20 Å². The average molecular weight is 367 g/mol. The number of nitrogens with one attached hydrogen (secondary N) is 2. The quantitative estimate of drug-likeness (QED) is 0.845. The smallest absolute Gasteiger partial charge is 0.237 e. The number of aromatic nitrogens is 2. The van der Waals surface area contributed by atoms with Crippen LogP contribution >= 0.6 is 0 Å². The lowest BCUT2D eigenvalue weighted by Crippen LogP contribution is -2.56. The normalized spacial score (nSPS) is 20.3. The first-order valence-electron chi connectivity index (χ1n) is 9.46. The Balaban J connectivity index is 1.43.